The number of amides is 1. The smallest absolute Gasteiger partial charge is 0.229 e. The highest BCUT2D eigenvalue weighted by molar-refractivity contribution is 7.12. The van der Waals surface area contributed by atoms with Crippen molar-refractivity contribution in [2.45, 2.75) is 52.1 Å². The van der Waals surface area contributed by atoms with Gasteiger partial charge in [-0.3, -0.25) is 4.79 Å². The molecule has 1 aliphatic rings. The van der Waals surface area contributed by atoms with Gasteiger partial charge >= 0.3 is 0 Å². The monoisotopic (exact) mass is 406 g/mol. The number of nitrogens with one attached hydrogen (secondary N) is 1. The van der Waals surface area contributed by atoms with Crippen molar-refractivity contribution in [1.82, 2.24) is 4.98 Å². The highest BCUT2D eigenvalue weighted by Crippen LogP contribution is 2.31. The van der Waals surface area contributed by atoms with Crippen molar-refractivity contribution >= 4 is 22.9 Å². The molecule has 5 heteroatoms. The Bertz CT molecular complexity index is 988. The predicted molar refractivity (Wildman–Crippen MR) is 119 cm³/mol. The van der Waals surface area contributed by atoms with E-state index in [-0.39, 0.29) is 12.0 Å². The van der Waals surface area contributed by atoms with Crippen LogP contribution in [0.3, 0.4) is 0 Å². The van der Waals surface area contributed by atoms with Crippen LogP contribution in [0, 0.1) is 13.8 Å². The first-order valence-electron chi connectivity index (χ1n) is 10.2. The summed E-state index contributed by atoms with van der Waals surface area (Å²) in [6, 6.07) is 16.0. The summed E-state index contributed by atoms with van der Waals surface area (Å²) < 4.78 is 6.14. The summed E-state index contributed by atoms with van der Waals surface area (Å²) >= 11 is 1.58. The molecule has 4 nitrogen and oxygen atoms in total. The molecule has 1 fully saturated rings. The molecule has 0 unspecified atom stereocenters. The molecule has 1 amide bonds. The van der Waals surface area contributed by atoms with Gasteiger partial charge in [-0.25, -0.2) is 4.98 Å². The highest BCUT2D eigenvalue weighted by atomic mass is 32.1. The second kappa shape index (κ2) is 8.78. The number of benzene rings is 2. The number of ether oxygens (including phenoxy) is 1. The van der Waals surface area contributed by atoms with Crippen LogP contribution in [0.1, 0.15) is 41.1 Å². The van der Waals surface area contributed by atoms with Crippen molar-refractivity contribution in [1.29, 1.82) is 0 Å². The van der Waals surface area contributed by atoms with Gasteiger partial charge in [0.25, 0.3) is 0 Å². The number of thiazole rings is 1. The number of carbonyl (C=O) groups excluding carboxylic acids is 1. The van der Waals surface area contributed by atoms with Gasteiger partial charge in [-0.1, -0.05) is 42.0 Å². The first-order valence-corrected chi connectivity index (χ1v) is 11.0. The largest absolute Gasteiger partial charge is 0.488 e. The zero-order valence-electron chi connectivity index (χ0n) is 16.9. The first-order chi connectivity index (χ1) is 14.1. The minimum atomic E-state index is -0.0514. The predicted octanol–water partition coefficient (Wildman–Crippen LogP) is 5.93. The average molecular weight is 407 g/mol. The Morgan fingerprint density at radius 3 is 2.59 bits per heavy atom. The molecule has 1 heterocycles. The van der Waals surface area contributed by atoms with Gasteiger partial charge in [0.2, 0.25) is 5.91 Å². The minimum Gasteiger partial charge on any atom is -0.488 e. The lowest BCUT2D eigenvalue weighted by Gasteiger charge is -2.16. The lowest BCUT2D eigenvalue weighted by Crippen LogP contribution is -2.17. The van der Waals surface area contributed by atoms with E-state index in [9.17, 15) is 4.79 Å². The molecule has 0 atom stereocenters. The van der Waals surface area contributed by atoms with E-state index in [2.05, 4.69) is 41.5 Å². The third kappa shape index (κ3) is 4.85. The van der Waals surface area contributed by atoms with Crippen molar-refractivity contribution < 1.29 is 9.53 Å². The number of hydrogen-bond acceptors (Lipinski definition) is 4. The number of para-hydroxylation sites is 2. The third-order valence-electron chi connectivity index (χ3n) is 5.21. The van der Waals surface area contributed by atoms with Crippen LogP contribution < -0.4 is 10.1 Å². The lowest BCUT2D eigenvalue weighted by atomic mass is 10.1. The van der Waals surface area contributed by atoms with Gasteiger partial charge in [0, 0.05) is 10.4 Å². The maximum absolute atomic E-state index is 12.8. The zero-order valence-corrected chi connectivity index (χ0v) is 17.7. The molecule has 0 bridgehead atoms. The van der Waals surface area contributed by atoms with Gasteiger partial charge in [0.05, 0.1) is 28.9 Å². The fourth-order valence-corrected chi connectivity index (χ4v) is 4.68. The Balaban J connectivity index is 1.49. The topological polar surface area (TPSA) is 51.2 Å². The van der Waals surface area contributed by atoms with E-state index in [1.54, 1.807) is 11.3 Å². The molecule has 3 aromatic rings. The van der Waals surface area contributed by atoms with E-state index >= 15 is 0 Å². The van der Waals surface area contributed by atoms with Crippen molar-refractivity contribution in [3.05, 3.63) is 64.0 Å². The summed E-state index contributed by atoms with van der Waals surface area (Å²) in [4.78, 5) is 18.5. The first kappa shape index (κ1) is 19.6. The Morgan fingerprint density at radius 1 is 1.10 bits per heavy atom. The van der Waals surface area contributed by atoms with Crippen LogP contribution in [0.4, 0.5) is 5.69 Å². The second-order valence-corrected chi connectivity index (χ2v) is 8.90. The van der Waals surface area contributed by atoms with E-state index < -0.39 is 0 Å². The number of aromatic nitrogens is 1. The van der Waals surface area contributed by atoms with E-state index in [4.69, 9.17) is 4.74 Å². The van der Waals surface area contributed by atoms with Gasteiger partial charge in [-0.2, -0.15) is 0 Å². The quantitative estimate of drug-likeness (QED) is 0.552. The van der Waals surface area contributed by atoms with Crippen LogP contribution in [0.15, 0.2) is 48.5 Å². The Labute approximate surface area is 176 Å². The fraction of sp³-hybridized carbons (Fsp3) is 0.333. The molecule has 1 saturated carbocycles. The number of carbonyl (C=O) groups is 1. The van der Waals surface area contributed by atoms with Crippen LogP contribution in [-0.4, -0.2) is 17.0 Å². The van der Waals surface area contributed by atoms with Crippen LogP contribution in [0.2, 0.25) is 0 Å². The molecule has 29 heavy (non-hydrogen) atoms. The standard InChI is InChI=1S/C24H26N2O2S/c1-16-11-13-18(14-12-16)24-22(29-17(2)25-24)15-23(27)26-20-9-5-6-10-21(20)28-19-7-3-4-8-19/h5-6,9-14,19H,3-4,7-8,15H2,1-2H3,(H,26,27). The molecule has 1 aliphatic carbocycles. The van der Waals surface area contributed by atoms with Gasteiger partial charge in [-0.05, 0) is 51.7 Å². The van der Waals surface area contributed by atoms with E-state index in [0.717, 1.165) is 45.4 Å². The molecule has 150 valence electrons. The van der Waals surface area contributed by atoms with Gasteiger partial charge < -0.3 is 10.1 Å². The van der Waals surface area contributed by atoms with Crippen LogP contribution in [0.5, 0.6) is 5.75 Å². The Hall–Kier alpha value is -2.66. The van der Waals surface area contributed by atoms with E-state index in [0.29, 0.717) is 6.42 Å². The van der Waals surface area contributed by atoms with Crippen LogP contribution in [-0.2, 0) is 11.2 Å². The molecule has 4 rings (SSSR count). The van der Waals surface area contributed by atoms with Crippen molar-refractivity contribution in [3.63, 3.8) is 0 Å². The van der Waals surface area contributed by atoms with Crippen molar-refractivity contribution in [3.8, 4) is 17.0 Å². The van der Waals surface area contributed by atoms with E-state index in [1.165, 1.54) is 18.4 Å². The minimum absolute atomic E-state index is 0.0514. The van der Waals surface area contributed by atoms with Gasteiger partial charge in [0.15, 0.2) is 0 Å². The van der Waals surface area contributed by atoms with E-state index in [1.807, 2.05) is 31.2 Å². The summed E-state index contributed by atoms with van der Waals surface area (Å²) in [5.41, 5.74) is 3.90. The molecule has 0 saturated heterocycles. The summed E-state index contributed by atoms with van der Waals surface area (Å²) in [6.07, 6.45) is 5.15. The number of hydrogen-bond donors (Lipinski definition) is 1. The van der Waals surface area contributed by atoms with Crippen molar-refractivity contribution in [2.75, 3.05) is 5.32 Å². The second-order valence-electron chi connectivity index (χ2n) is 7.62. The normalized spacial score (nSPS) is 14.1. The molecule has 0 spiro atoms. The third-order valence-corrected chi connectivity index (χ3v) is 6.18. The molecule has 1 N–H and O–H groups in total. The summed E-state index contributed by atoms with van der Waals surface area (Å²) in [5, 5.41) is 4.01. The molecule has 0 radical (unpaired) electrons. The Kier molecular flexibility index (Phi) is 5.95. The summed E-state index contributed by atoms with van der Waals surface area (Å²) in [5.74, 6) is 0.705. The Morgan fingerprint density at radius 2 is 1.83 bits per heavy atom. The number of anilines is 1. The number of rotatable bonds is 6. The van der Waals surface area contributed by atoms with Crippen LogP contribution in [0.25, 0.3) is 11.3 Å². The van der Waals surface area contributed by atoms with Gasteiger partial charge in [-0.15, -0.1) is 11.3 Å². The number of aryl methyl sites for hydroxylation is 2. The molecule has 0 aliphatic heterocycles. The molecular weight excluding hydrogens is 380 g/mol. The zero-order chi connectivity index (χ0) is 20.2. The van der Waals surface area contributed by atoms with Crippen LogP contribution >= 0.6 is 11.3 Å². The molecular formula is C24H26N2O2S. The van der Waals surface area contributed by atoms with Gasteiger partial charge in [0.1, 0.15) is 5.75 Å². The lowest BCUT2D eigenvalue weighted by molar-refractivity contribution is -0.115. The fourth-order valence-electron chi connectivity index (χ4n) is 3.72. The maximum Gasteiger partial charge on any atom is 0.229 e. The molecule has 1 aromatic heterocycles. The van der Waals surface area contributed by atoms with Crippen molar-refractivity contribution in [2.24, 2.45) is 0 Å². The summed E-state index contributed by atoms with van der Waals surface area (Å²) in [7, 11) is 0. The highest BCUT2D eigenvalue weighted by Gasteiger charge is 2.19. The number of nitrogens with zero attached hydrogens (tertiary/aromatic N) is 1. The summed E-state index contributed by atoms with van der Waals surface area (Å²) in [6.45, 7) is 4.05. The maximum atomic E-state index is 12.8. The average Bonchev–Trinajstić information content (AvgIpc) is 3.33. The molecule has 2 aromatic carbocycles. The SMILES string of the molecule is Cc1ccc(-c2nc(C)sc2CC(=O)Nc2ccccc2OC2CCCC2)cc1.